The molecule has 0 spiro atoms. The predicted octanol–water partition coefficient (Wildman–Crippen LogP) is 3.87. The molecule has 80 valence electrons. The van der Waals surface area contributed by atoms with Crippen LogP contribution in [0.3, 0.4) is 0 Å². The molecule has 0 aliphatic heterocycles. The van der Waals surface area contributed by atoms with Gasteiger partial charge < -0.3 is 4.74 Å². The van der Waals surface area contributed by atoms with Gasteiger partial charge in [0.15, 0.2) is 0 Å². The molecule has 0 atom stereocenters. The fourth-order valence-electron chi connectivity index (χ4n) is 2.03. The summed E-state index contributed by atoms with van der Waals surface area (Å²) >= 11 is 0. The lowest BCUT2D eigenvalue weighted by Crippen LogP contribution is -2.40. The Hall–Kier alpha value is -0.0400. The Balaban J connectivity index is 4.39. The number of rotatable bonds is 3. The molecule has 0 saturated carbocycles. The van der Waals surface area contributed by atoms with E-state index in [2.05, 4.69) is 48.5 Å². The van der Waals surface area contributed by atoms with Gasteiger partial charge in [-0.15, -0.1) is 0 Å². The van der Waals surface area contributed by atoms with E-state index in [0.717, 1.165) is 13.0 Å². The lowest BCUT2D eigenvalue weighted by atomic mass is 9.74. The summed E-state index contributed by atoms with van der Waals surface area (Å²) in [4.78, 5) is 0. The molecule has 0 saturated heterocycles. The van der Waals surface area contributed by atoms with E-state index in [1.807, 2.05) is 0 Å². The van der Waals surface area contributed by atoms with Crippen LogP contribution < -0.4 is 0 Å². The van der Waals surface area contributed by atoms with Gasteiger partial charge in [0.1, 0.15) is 0 Å². The quantitative estimate of drug-likeness (QED) is 0.650. The summed E-state index contributed by atoms with van der Waals surface area (Å²) in [6.07, 6.45) is 1.43. The van der Waals surface area contributed by atoms with Crippen molar-refractivity contribution in [2.24, 2.45) is 10.8 Å². The van der Waals surface area contributed by atoms with Crippen molar-refractivity contribution in [3.05, 3.63) is 0 Å². The molecule has 0 aromatic rings. The summed E-state index contributed by atoms with van der Waals surface area (Å²) in [6, 6.07) is 0. The van der Waals surface area contributed by atoms with Gasteiger partial charge in [0.25, 0.3) is 0 Å². The van der Waals surface area contributed by atoms with E-state index in [1.54, 1.807) is 0 Å². The maximum atomic E-state index is 5.92. The van der Waals surface area contributed by atoms with E-state index in [4.69, 9.17) is 4.74 Å². The topological polar surface area (TPSA) is 9.23 Å². The summed E-state index contributed by atoms with van der Waals surface area (Å²) in [7, 11) is 0. The van der Waals surface area contributed by atoms with Crippen LogP contribution in [-0.4, -0.2) is 12.7 Å². The lowest BCUT2D eigenvalue weighted by Gasteiger charge is -2.40. The Kier molecular flexibility index (Phi) is 4.44. The van der Waals surface area contributed by atoms with E-state index in [0.29, 0.717) is 6.10 Å². The van der Waals surface area contributed by atoms with E-state index in [1.165, 1.54) is 0 Å². The van der Waals surface area contributed by atoms with Crippen molar-refractivity contribution < 1.29 is 4.74 Å². The van der Waals surface area contributed by atoms with Gasteiger partial charge >= 0.3 is 0 Å². The molecule has 0 aromatic carbocycles. The van der Waals surface area contributed by atoms with Gasteiger partial charge in [-0.05, 0) is 17.3 Å². The molecule has 0 fully saturated rings. The highest BCUT2D eigenvalue weighted by molar-refractivity contribution is 4.84. The minimum absolute atomic E-state index is 0.230. The molecule has 0 N–H and O–H groups in total. The summed E-state index contributed by atoms with van der Waals surface area (Å²) < 4.78 is 5.92. The Labute approximate surface area is 83.9 Å². The fourth-order valence-corrected chi connectivity index (χ4v) is 2.03. The molecule has 0 radical (unpaired) electrons. The first-order valence-electron chi connectivity index (χ1n) is 5.31. The van der Waals surface area contributed by atoms with Crippen LogP contribution in [0, 0.1) is 10.8 Å². The molecular weight excluding hydrogens is 160 g/mol. The van der Waals surface area contributed by atoms with E-state index >= 15 is 0 Å². The molecule has 0 aliphatic rings. The standard InChI is InChI=1S/C12H26O/c1-8-9-13-10(11(2,3)4)12(5,6)7/h10H,8-9H2,1-7H3. The van der Waals surface area contributed by atoms with Crippen molar-refractivity contribution in [3.63, 3.8) is 0 Å². The minimum Gasteiger partial charge on any atom is -0.377 e. The zero-order valence-corrected chi connectivity index (χ0v) is 10.4. The van der Waals surface area contributed by atoms with Crippen molar-refractivity contribution in [3.8, 4) is 0 Å². The highest BCUT2D eigenvalue weighted by Gasteiger charge is 2.35. The van der Waals surface area contributed by atoms with Crippen molar-refractivity contribution in [1.82, 2.24) is 0 Å². The van der Waals surface area contributed by atoms with E-state index in [-0.39, 0.29) is 10.8 Å². The molecule has 0 bridgehead atoms. The predicted molar refractivity (Wildman–Crippen MR) is 58.9 cm³/mol. The van der Waals surface area contributed by atoms with Crippen LogP contribution in [0.1, 0.15) is 54.9 Å². The van der Waals surface area contributed by atoms with Crippen LogP contribution >= 0.6 is 0 Å². The monoisotopic (exact) mass is 186 g/mol. The Morgan fingerprint density at radius 1 is 0.923 bits per heavy atom. The van der Waals surface area contributed by atoms with E-state index in [9.17, 15) is 0 Å². The maximum absolute atomic E-state index is 5.92. The van der Waals surface area contributed by atoms with Gasteiger partial charge in [-0.3, -0.25) is 0 Å². The number of ether oxygens (including phenoxy) is 1. The van der Waals surface area contributed by atoms with Crippen molar-refractivity contribution in [2.75, 3.05) is 6.61 Å². The Bertz CT molecular complexity index is 122. The average Bonchev–Trinajstić information content (AvgIpc) is 1.81. The normalized spacial score (nSPS) is 13.8. The highest BCUT2D eigenvalue weighted by Crippen LogP contribution is 2.35. The molecule has 0 amide bonds. The Morgan fingerprint density at radius 3 is 1.54 bits per heavy atom. The van der Waals surface area contributed by atoms with Crippen LogP contribution in [0.2, 0.25) is 0 Å². The second-order valence-electron chi connectivity index (χ2n) is 5.98. The molecule has 1 nitrogen and oxygen atoms in total. The van der Waals surface area contributed by atoms with Gasteiger partial charge in [0.2, 0.25) is 0 Å². The molecule has 0 unspecified atom stereocenters. The molecule has 0 rings (SSSR count). The largest absolute Gasteiger partial charge is 0.377 e. The molecule has 1 heteroatoms. The van der Waals surface area contributed by atoms with Gasteiger partial charge in [-0.1, -0.05) is 48.5 Å². The zero-order chi connectivity index (χ0) is 10.7. The lowest BCUT2D eigenvalue weighted by molar-refractivity contribution is -0.0814. The minimum atomic E-state index is 0.230. The number of hydrogen-bond donors (Lipinski definition) is 0. The van der Waals surface area contributed by atoms with Gasteiger partial charge in [-0.2, -0.15) is 0 Å². The third-order valence-electron chi connectivity index (χ3n) is 2.06. The first kappa shape index (κ1) is 13.0. The zero-order valence-electron chi connectivity index (χ0n) is 10.4. The highest BCUT2D eigenvalue weighted by atomic mass is 16.5. The molecule has 0 aliphatic carbocycles. The average molecular weight is 186 g/mol. The van der Waals surface area contributed by atoms with Crippen LogP contribution in [0.25, 0.3) is 0 Å². The molecule has 0 heterocycles. The molecule has 13 heavy (non-hydrogen) atoms. The Morgan fingerprint density at radius 2 is 1.31 bits per heavy atom. The van der Waals surface area contributed by atoms with Gasteiger partial charge in [0.05, 0.1) is 6.10 Å². The van der Waals surface area contributed by atoms with Crippen LogP contribution in [0.15, 0.2) is 0 Å². The summed E-state index contributed by atoms with van der Waals surface area (Å²) in [5, 5.41) is 0. The first-order chi connectivity index (χ1) is 5.69. The van der Waals surface area contributed by atoms with E-state index < -0.39 is 0 Å². The third kappa shape index (κ3) is 4.66. The number of hydrogen-bond acceptors (Lipinski definition) is 1. The third-order valence-corrected chi connectivity index (χ3v) is 2.06. The smallest absolute Gasteiger partial charge is 0.0671 e. The second-order valence-corrected chi connectivity index (χ2v) is 5.98. The maximum Gasteiger partial charge on any atom is 0.0671 e. The summed E-state index contributed by atoms with van der Waals surface area (Å²) in [6.45, 7) is 16.5. The summed E-state index contributed by atoms with van der Waals surface area (Å²) in [5.74, 6) is 0. The SMILES string of the molecule is CCCOC(C(C)(C)C)C(C)(C)C. The molecular formula is C12H26O. The van der Waals surface area contributed by atoms with Gasteiger partial charge in [0, 0.05) is 6.61 Å². The van der Waals surface area contributed by atoms with Gasteiger partial charge in [-0.25, -0.2) is 0 Å². The van der Waals surface area contributed by atoms with Crippen molar-refractivity contribution in [2.45, 2.75) is 61.0 Å². The van der Waals surface area contributed by atoms with Crippen molar-refractivity contribution in [1.29, 1.82) is 0 Å². The first-order valence-corrected chi connectivity index (χ1v) is 5.31. The second kappa shape index (κ2) is 4.45. The van der Waals surface area contributed by atoms with Crippen LogP contribution in [0.5, 0.6) is 0 Å². The molecule has 0 aromatic heterocycles. The fraction of sp³-hybridized carbons (Fsp3) is 1.00. The van der Waals surface area contributed by atoms with Crippen LogP contribution in [0.4, 0.5) is 0 Å². The van der Waals surface area contributed by atoms with Crippen LogP contribution in [-0.2, 0) is 4.74 Å². The van der Waals surface area contributed by atoms with Crippen molar-refractivity contribution >= 4 is 0 Å². The summed E-state index contributed by atoms with van der Waals surface area (Å²) in [5.41, 5.74) is 0.459.